The minimum Gasteiger partial charge on any atom is -0.364 e. The molecule has 2 aromatic heterocycles. The van der Waals surface area contributed by atoms with Gasteiger partial charge in [-0.15, -0.1) is 0 Å². The first-order valence-corrected chi connectivity index (χ1v) is 5.49. The maximum Gasteiger partial charge on any atom is 0.166 e. The van der Waals surface area contributed by atoms with E-state index in [9.17, 15) is 4.39 Å². The van der Waals surface area contributed by atoms with Crippen molar-refractivity contribution in [1.29, 1.82) is 0 Å². The molecule has 2 rings (SSSR count). The van der Waals surface area contributed by atoms with Crippen molar-refractivity contribution < 1.29 is 4.39 Å². The lowest BCUT2D eigenvalue weighted by Crippen LogP contribution is -2.03. The molecule has 0 aromatic carbocycles. The fourth-order valence-corrected chi connectivity index (χ4v) is 1.54. The average Bonchev–Trinajstić information content (AvgIpc) is 2.29. The maximum atomic E-state index is 13.4. The van der Waals surface area contributed by atoms with Crippen molar-refractivity contribution in [2.75, 3.05) is 5.32 Å². The van der Waals surface area contributed by atoms with E-state index >= 15 is 0 Å². The molecular weight excluding hydrogens is 273 g/mol. The van der Waals surface area contributed by atoms with Crippen molar-refractivity contribution >= 4 is 21.7 Å². The average molecular weight is 282 g/mol. The minimum atomic E-state index is -0.377. The standard InChI is InChI=1S/C11H9BrFN3/c12-9-4-10(13)11(16-7-9)15-6-8-2-1-3-14-5-8/h1-5,7H,6H2,(H,15,16). The van der Waals surface area contributed by atoms with Gasteiger partial charge in [0.25, 0.3) is 0 Å². The molecule has 82 valence electrons. The Bertz CT molecular complexity index is 476. The summed E-state index contributed by atoms with van der Waals surface area (Å²) in [5.74, 6) is -0.134. The van der Waals surface area contributed by atoms with Gasteiger partial charge in [0, 0.05) is 29.6 Å². The zero-order valence-corrected chi connectivity index (χ0v) is 9.91. The summed E-state index contributed by atoms with van der Waals surface area (Å²) < 4.78 is 14.0. The van der Waals surface area contributed by atoms with E-state index in [0.29, 0.717) is 11.0 Å². The van der Waals surface area contributed by atoms with E-state index in [1.54, 1.807) is 18.6 Å². The predicted molar refractivity (Wildman–Crippen MR) is 63.5 cm³/mol. The number of anilines is 1. The van der Waals surface area contributed by atoms with Crippen molar-refractivity contribution in [3.05, 3.63) is 52.6 Å². The first-order valence-electron chi connectivity index (χ1n) is 4.69. The molecule has 5 heteroatoms. The van der Waals surface area contributed by atoms with E-state index in [4.69, 9.17) is 0 Å². The van der Waals surface area contributed by atoms with Gasteiger partial charge in [-0.05, 0) is 33.6 Å². The minimum absolute atomic E-state index is 0.243. The zero-order valence-electron chi connectivity index (χ0n) is 8.32. The number of pyridine rings is 2. The summed E-state index contributed by atoms with van der Waals surface area (Å²) in [6, 6.07) is 5.12. The van der Waals surface area contributed by atoms with Crippen LogP contribution in [0.1, 0.15) is 5.56 Å². The molecule has 0 aliphatic rings. The van der Waals surface area contributed by atoms with Gasteiger partial charge in [0.2, 0.25) is 0 Å². The number of hydrogen-bond donors (Lipinski definition) is 1. The fourth-order valence-electron chi connectivity index (χ4n) is 1.23. The van der Waals surface area contributed by atoms with Gasteiger partial charge in [-0.1, -0.05) is 6.07 Å². The number of aromatic nitrogens is 2. The Kier molecular flexibility index (Phi) is 3.46. The summed E-state index contributed by atoms with van der Waals surface area (Å²) in [7, 11) is 0. The number of halogens is 2. The summed E-state index contributed by atoms with van der Waals surface area (Å²) >= 11 is 3.15. The molecule has 0 atom stereocenters. The number of nitrogens with one attached hydrogen (secondary N) is 1. The summed E-state index contributed by atoms with van der Waals surface area (Å²) in [5.41, 5.74) is 0.978. The van der Waals surface area contributed by atoms with Crippen LogP contribution in [-0.4, -0.2) is 9.97 Å². The van der Waals surface area contributed by atoms with Gasteiger partial charge in [-0.2, -0.15) is 0 Å². The molecule has 16 heavy (non-hydrogen) atoms. The van der Waals surface area contributed by atoms with Crippen molar-refractivity contribution in [3.63, 3.8) is 0 Å². The number of hydrogen-bond acceptors (Lipinski definition) is 3. The van der Waals surface area contributed by atoms with Gasteiger partial charge in [0.15, 0.2) is 11.6 Å². The molecular formula is C11H9BrFN3. The molecule has 0 spiro atoms. The fraction of sp³-hybridized carbons (Fsp3) is 0.0909. The summed E-state index contributed by atoms with van der Waals surface area (Å²) in [5, 5.41) is 2.91. The van der Waals surface area contributed by atoms with Crippen LogP contribution in [-0.2, 0) is 6.54 Å². The third kappa shape index (κ3) is 2.76. The first kappa shape index (κ1) is 11.0. The van der Waals surface area contributed by atoms with E-state index in [1.807, 2.05) is 12.1 Å². The Labute approximate surface area is 101 Å². The number of rotatable bonds is 3. The second-order valence-electron chi connectivity index (χ2n) is 3.20. The van der Waals surface area contributed by atoms with Crippen molar-refractivity contribution in [1.82, 2.24) is 9.97 Å². The van der Waals surface area contributed by atoms with Crippen LogP contribution in [0, 0.1) is 5.82 Å². The lowest BCUT2D eigenvalue weighted by molar-refractivity contribution is 0.623. The van der Waals surface area contributed by atoms with Crippen LogP contribution >= 0.6 is 15.9 Å². The highest BCUT2D eigenvalue weighted by atomic mass is 79.9. The second kappa shape index (κ2) is 5.03. The van der Waals surface area contributed by atoms with Crippen LogP contribution in [0.3, 0.4) is 0 Å². The first-order chi connectivity index (χ1) is 7.75. The van der Waals surface area contributed by atoms with Gasteiger partial charge >= 0.3 is 0 Å². The Morgan fingerprint density at radius 3 is 2.94 bits per heavy atom. The molecule has 0 radical (unpaired) electrons. The van der Waals surface area contributed by atoms with Crippen LogP contribution in [0.4, 0.5) is 10.2 Å². The van der Waals surface area contributed by atoms with Crippen LogP contribution in [0.5, 0.6) is 0 Å². The Balaban J connectivity index is 2.05. The Morgan fingerprint density at radius 1 is 1.38 bits per heavy atom. The molecule has 0 saturated heterocycles. The van der Waals surface area contributed by atoms with E-state index < -0.39 is 0 Å². The molecule has 0 amide bonds. The molecule has 3 nitrogen and oxygen atoms in total. The van der Waals surface area contributed by atoms with E-state index in [0.717, 1.165) is 5.56 Å². The van der Waals surface area contributed by atoms with E-state index in [-0.39, 0.29) is 11.6 Å². The highest BCUT2D eigenvalue weighted by Gasteiger charge is 2.03. The quantitative estimate of drug-likeness (QED) is 0.940. The number of nitrogens with zero attached hydrogens (tertiary/aromatic N) is 2. The Morgan fingerprint density at radius 2 is 2.25 bits per heavy atom. The second-order valence-corrected chi connectivity index (χ2v) is 4.11. The largest absolute Gasteiger partial charge is 0.364 e. The predicted octanol–water partition coefficient (Wildman–Crippen LogP) is 2.99. The molecule has 0 unspecified atom stereocenters. The summed E-state index contributed by atoms with van der Waals surface area (Å²) in [4.78, 5) is 7.91. The molecule has 0 fully saturated rings. The maximum absolute atomic E-state index is 13.4. The van der Waals surface area contributed by atoms with Crippen LogP contribution < -0.4 is 5.32 Å². The third-order valence-corrected chi connectivity index (χ3v) is 2.42. The van der Waals surface area contributed by atoms with Gasteiger partial charge in [0.1, 0.15) is 0 Å². The zero-order chi connectivity index (χ0) is 11.4. The van der Waals surface area contributed by atoms with Crippen LogP contribution in [0.15, 0.2) is 41.3 Å². The molecule has 2 aromatic rings. The topological polar surface area (TPSA) is 37.8 Å². The highest BCUT2D eigenvalue weighted by Crippen LogP contribution is 2.16. The van der Waals surface area contributed by atoms with Crippen molar-refractivity contribution in [3.8, 4) is 0 Å². The summed E-state index contributed by atoms with van der Waals surface area (Å²) in [6.07, 6.45) is 4.97. The van der Waals surface area contributed by atoms with Gasteiger partial charge in [0.05, 0.1) is 0 Å². The SMILES string of the molecule is Fc1cc(Br)cnc1NCc1cccnc1. The highest BCUT2D eigenvalue weighted by molar-refractivity contribution is 9.10. The molecule has 0 aliphatic heterocycles. The van der Waals surface area contributed by atoms with Crippen molar-refractivity contribution in [2.24, 2.45) is 0 Å². The molecule has 0 saturated carbocycles. The molecule has 0 bridgehead atoms. The van der Waals surface area contributed by atoms with E-state index in [1.165, 1.54) is 6.07 Å². The third-order valence-electron chi connectivity index (χ3n) is 1.99. The van der Waals surface area contributed by atoms with Crippen molar-refractivity contribution in [2.45, 2.75) is 6.54 Å². The lowest BCUT2D eigenvalue weighted by Gasteiger charge is -2.06. The van der Waals surface area contributed by atoms with Crippen LogP contribution in [0.2, 0.25) is 0 Å². The lowest BCUT2D eigenvalue weighted by atomic mass is 10.3. The molecule has 0 aliphatic carbocycles. The van der Waals surface area contributed by atoms with Gasteiger partial charge in [-0.25, -0.2) is 9.37 Å². The summed E-state index contributed by atoms with van der Waals surface area (Å²) in [6.45, 7) is 0.499. The van der Waals surface area contributed by atoms with Crippen LogP contribution in [0.25, 0.3) is 0 Å². The van der Waals surface area contributed by atoms with E-state index in [2.05, 4.69) is 31.2 Å². The smallest absolute Gasteiger partial charge is 0.166 e. The molecule has 1 N–H and O–H groups in total. The Hall–Kier alpha value is -1.49. The monoisotopic (exact) mass is 281 g/mol. The van der Waals surface area contributed by atoms with Gasteiger partial charge < -0.3 is 5.32 Å². The normalized spacial score (nSPS) is 10.1. The molecule has 2 heterocycles. The van der Waals surface area contributed by atoms with Gasteiger partial charge in [-0.3, -0.25) is 4.98 Å².